The van der Waals surface area contributed by atoms with Gasteiger partial charge < -0.3 is 5.11 Å². The van der Waals surface area contributed by atoms with Crippen LogP contribution >= 0.6 is 0 Å². The van der Waals surface area contributed by atoms with Crippen LogP contribution in [0, 0.1) is 6.92 Å². The lowest BCUT2D eigenvalue weighted by atomic mass is 10.7. The molecular formula is C5H6N4O2. The molecule has 1 aromatic rings. The van der Waals surface area contributed by atoms with Crippen LogP contribution in [0.15, 0.2) is 6.33 Å². The number of amides is 1. The molecule has 0 aliphatic rings. The third kappa shape index (κ3) is 2.17. The number of rotatable bonds is 1. The Balaban J connectivity index is 2.79. The third-order valence-electron chi connectivity index (χ3n) is 0.911. The van der Waals surface area contributed by atoms with Crippen molar-refractivity contribution in [2.45, 2.75) is 6.92 Å². The van der Waals surface area contributed by atoms with Crippen molar-refractivity contribution in [3.05, 3.63) is 12.2 Å². The minimum atomic E-state index is -1.18. The zero-order valence-electron chi connectivity index (χ0n) is 5.77. The number of carbonyl (C=O) groups is 1. The summed E-state index contributed by atoms with van der Waals surface area (Å²) < 4.78 is 0. The van der Waals surface area contributed by atoms with Gasteiger partial charge in [0.25, 0.3) is 0 Å². The number of hydrogen-bond donors (Lipinski definition) is 2. The lowest BCUT2D eigenvalue weighted by Crippen LogP contribution is -2.11. The van der Waals surface area contributed by atoms with E-state index < -0.39 is 6.09 Å². The molecule has 1 heterocycles. The van der Waals surface area contributed by atoms with Gasteiger partial charge in [-0.2, -0.15) is 4.98 Å². The number of aromatic nitrogens is 3. The van der Waals surface area contributed by atoms with Crippen molar-refractivity contribution >= 4 is 12.0 Å². The Morgan fingerprint density at radius 3 is 2.91 bits per heavy atom. The highest BCUT2D eigenvalue weighted by molar-refractivity contribution is 5.79. The van der Waals surface area contributed by atoms with Crippen LogP contribution in [0.2, 0.25) is 0 Å². The molecule has 1 aromatic heterocycles. The Morgan fingerprint density at radius 1 is 1.64 bits per heavy atom. The summed E-state index contributed by atoms with van der Waals surface area (Å²) in [5.41, 5.74) is 0. The molecule has 0 aromatic carbocycles. The first-order chi connectivity index (χ1) is 5.18. The van der Waals surface area contributed by atoms with Gasteiger partial charge in [-0.1, -0.05) is 0 Å². The molecule has 6 nitrogen and oxygen atoms in total. The lowest BCUT2D eigenvalue weighted by Gasteiger charge is -1.96. The fourth-order valence-electron chi connectivity index (χ4n) is 0.534. The van der Waals surface area contributed by atoms with Gasteiger partial charge in [-0.3, -0.25) is 5.32 Å². The van der Waals surface area contributed by atoms with Crippen molar-refractivity contribution in [2.24, 2.45) is 0 Å². The quantitative estimate of drug-likeness (QED) is 0.606. The summed E-state index contributed by atoms with van der Waals surface area (Å²) in [6, 6.07) is 0. The van der Waals surface area contributed by atoms with Gasteiger partial charge in [-0.05, 0) is 6.92 Å². The Hall–Kier alpha value is -1.72. The summed E-state index contributed by atoms with van der Waals surface area (Å²) in [5, 5.41) is 10.2. The number of hydrogen-bond acceptors (Lipinski definition) is 4. The maximum Gasteiger partial charge on any atom is 0.411 e. The van der Waals surface area contributed by atoms with E-state index in [0.717, 1.165) is 0 Å². The maximum absolute atomic E-state index is 10.1. The van der Waals surface area contributed by atoms with Crippen molar-refractivity contribution in [3.8, 4) is 0 Å². The van der Waals surface area contributed by atoms with Crippen LogP contribution in [-0.4, -0.2) is 26.2 Å². The predicted molar refractivity (Wildman–Crippen MR) is 36.2 cm³/mol. The van der Waals surface area contributed by atoms with Gasteiger partial charge in [0.15, 0.2) is 0 Å². The second-order valence-corrected chi connectivity index (χ2v) is 1.79. The third-order valence-corrected chi connectivity index (χ3v) is 0.911. The van der Waals surface area contributed by atoms with E-state index in [1.807, 2.05) is 5.32 Å². The van der Waals surface area contributed by atoms with Crippen LogP contribution in [0.1, 0.15) is 5.82 Å². The van der Waals surface area contributed by atoms with E-state index in [1.54, 1.807) is 6.92 Å². The normalized spacial score (nSPS) is 9.18. The van der Waals surface area contributed by atoms with Gasteiger partial charge >= 0.3 is 6.09 Å². The Morgan fingerprint density at radius 2 is 2.36 bits per heavy atom. The molecular weight excluding hydrogens is 148 g/mol. The molecule has 0 aliphatic heterocycles. The molecule has 0 saturated heterocycles. The van der Waals surface area contributed by atoms with Crippen molar-refractivity contribution in [1.82, 2.24) is 15.0 Å². The zero-order chi connectivity index (χ0) is 8.27. The number of nitrogens with zero attached hydrogens (tertiary/aromatic N) is 3. The van der Waals surface area contributed by atoms with Gasteiger partial charge in [0.05, 0.1) is 0 Å². The topological polar surface area (TPSA) is 88.0 Å². The summed E-state index contributed by atoms with van der Waals surface area (Å²) in [6.45, 7) is 1.65. The number of nitrogens with one attached hydrogen (secondary N) is 1. The average molecular weight is 154 g/mol. The van der Waals surface area contributed by atoms with Gasteiger partial charge in [0.2, 0.25) is 5.95 Å². The average Bonchev–Trinajstić information content (AvgIpc) is 1.85. The molecule has 1 rings (SSSR count). The monoisotopic (exact) mass is 154 g/mol. The SMILES string of the molecule is Cc1ncnc(NC(=O)O)n1. The number of aryl methyl sites for hydroxylation is 1. The van der Waals surface area contributed by atoms with Crippen LogP contribution in [0.4, 0.5) is 10.7 Å². The fourth-order valence-corrected chi connectivity index (χ4v) is 0.534. The van der Waals surface area contributed by atoms with Crippen molar-refractivity contribution < 1.29 is 9.90 Å². The number of anilines is 1. The predicted octanol–water partition coefficient (Wildman–Crippen LogP) is 0.270. The van der Waals surface area contributed by atoms with Crippen LogP contribution in [-0.2, 0) is 0 Å². The number of carboxylic acid groups (broad SMARTS) is 1. The van der Waals surface area contributed by atoms with Gasteiger partial charge in [0.1, 0.15) is 12.2 Å². The van der Waals surface area contributed by atoms with E-state index in [4.69, 9.17) is 5.11 Å². The largest absolute Gasteiger partial charge is 0.465 e. The van der Waals surface area contributed by atoms with Crippen LogP contribution in [0.25, 0.3) is 0 Å². The summed E-state index contributed by atoms with van der Waals surface area (Å²) in [5.74, 6) is 0.522. The Bertz CT molecular complexity index is 275. The van der Waals surface area contributed by atoms with E-state index in [0.29, 0.717) is 5.82 Å². The molecule has 0 radical (unpaired) electrons. The summed E-state index contributed by atoms with van der Waals surface area (Å²) in [6.07, 6.45) is 0.0590. The van der Waals surface area contributed by atoms with Crippen molar-refractivity contribution in [3.63, 3.8) is 0 Å². The van der Waals surface area contributed by atoms with Crippen LogP contribution < -0.4 is 5.32 Å². The van der Waals surface area contributed by atoms with E-state index in [2.05, 4.69) is 15.0 Å². The highest BCUT2D eigenvalue weighted by atomic mass is 16.4. The summed E-state index contributed by atoms with van der Waals surface area (Å²) in [7, 11) is 0. The maximum atomic E-state index is 10.1. The zero-order valence-corrected chi connectivity index (χ0v) is 5.77. The summed E-state index contributed by atoms with van der Waals surface area (Å²) >= 11 is 0. The molecule has 11 heavy (non-hydrogen) atoms. The lowest BCUT2D eigenvalue weighted by molar-refractivity contribution is 0.209. The molecule has 2 N–H and O–H groups in total. The molecule has 0 saturated carbocycles. The first-order valence-electron chi connectivity index (χ1n) is 2.84. The second kappa shape index (κ2) is 2.91. The minimum absolute atomic E-state index is 0.0463. The van der Waals surface area contributed by atoms with E-state index in [1.165, 1.54) is 6.33 Å². The molecule has 6 heteroatoms. The fraction of sp³-hybridized carbons (Fsp3) is 0.200. The van der Waals surface area contributed by atoms with Gasteiger partial charge in [0, 0.05) is 0 Å². The van der Waals surface area contributed by atoms with Crippen LogP contribution in [0.5, 0.6) is 0 Å². The molecule has 0 bridgehead atoms. The van der Waals surface area contributed by atoms with Gasteiger partial charge in [-0.15, -0.1) is 0 Å². The van der Waals surface area contributed by atoms with E-state index in [-0.39, 0.29) is 5.95 Å². The molecule has 0 unspecified atom stereocenters. The standard InChI is InChI=1S/C5H6N4O2/c1-3-6-2-7-4(8-3)9-5(10)11/h2H,1H3,(H,10,11)(H,6,7,8,9). The van der Waals surface area contributed by atoms with E-state index >= 15 is 0 Å². The molecule has 0 fully saturated rings. The van der Waals surface area contributed by atoms with Crippen molar-refractivity contribution in [2.75, 3.05) is 5.32 Å². The van der Waals surface area contributed by atoms with E-state index in [9.17, 15) is 4.79 Å². The first kappa shape index (κ1) is 7.39. The first-order valence-corrected chi connectivity index (χ1v) is 2.84. The molecule has 58 valence electrons. The minimum Gasteiger partial charge on any atom is -0.465 e. The highest BCUT2D eigenvalue weighted by Crippen LogP contribution is 1.94. The molecule has 0 atom stereocenters. The summed E-state index contributed by atoms with van der Waals surface area (Å²) in [4.78, 5) is 21.0. The molecule has 0 aliphatic carbocycles. The second-order valence-electron chi connectivity index (χ2n) is 1.79. The van der Waals surface area contributed by atoms with Crippen LogP contribution in [0.3, 0.4) is 0 Å². The smallest absolute Gasteiger partial charge is 0.411 e. The Kier molecular flexibility index (Phi) is 1.95. The highest BCUT2D eigenvalue weighted by Gasteiger charge is 1.99. The van der Waals surface area contributed by atoms with Gasteiger partial charge in [-0.25, -0.2) is 14.8 Å². The van der Waals surface area contributed by atoms with Crippen molar-refractivity contribution in [1.29, 1.82) is 0 Å². The molecule has 1 amide bonds. The Labute approximate surface area is 62.3 Å². The molecule has 0 spiro atoms.